The predicted octanol–water partition coefficient (Wildman–Crippen LogP) is 3.82. The van der Waals surface area contributed by atoms with Gasteiger partial charge in [-0.25, -0.2) is 9.59 Å². The summed E-state index contributed by atoms with van der Waals surface area (Å²) in [4.78, 5) is 22.2. The predicted molar refractivity (Wildman–Crippen MR) is 92.0 cm³/mol. The van der Waals surface area contributed by atoms with E-state index in [9.17, 15) is 9.59 Å². The molecule has 0 saturated heterocycles. The molecule has 1 aliphatic rings. The molecular formula is C18H32N2O3. The number of ether oxygens (including phenoxy) is 1. The van der Waals surface area contributed by atoms with Gasteiger partial charge in [0.25, 0.3) is 0 Å². The molecular weight excluding hydrogens is 292 g/mol. The molecule has 23 heavy (non-hydrogen) atoms. The summed E-state index contributed by atoms with van der Waals surface area (Å²) < 4.78 is 4.90. The standard InChI is InChI=1S/C18H32N2O3/c1-2-3-4-5-6-7-8-9-10-11-12-16(20-18(19)22)15-13-17(21)23-14-15/h13,16H,2-12,14H2,1H3,(H3,19,20,22). The molecule has 5 nitrogen and oxygen atoms in total. The van der Waals surface area contributed by atoms with Gasteiger partial charge in [-0.3, -0.25) is 0 Å². The molecule has 3 N–H and O–H groups in total. The number of carbonyl (C=O) groups is 2. The maximum absolute atomic E-state index is 11.1. The van der Waals surface area contributed by atoms with Crippen LogP contribution in [0.3, 0.4) is 0 Å². The molecule has 0 bridgehead atoms. The lowest BCUT2D eigenvalue weighted by Gasteiger charge is -2.17. The smallest absolute Gasteiger partial charge is 0.331 e. The Hall–Kier alpha value is -1.52. The van der Waals surface area contributed by atoms with Crippen LogP contribution in [0.4, 0.5) is 4.79 Å². The highest BCUT2D eigenvalue weighted by atomic mass is 16.5. The van der Waals surface area contributed by atoms with Crippen LogP contribution in [0.5, 0.6) is 0 Å². The Kier molecular flexibility index (Phi) is 10.2. The molecule has 1 rings (SSSR count). The van der Waals surface area contributed by atoms with E-state index in [0.717, 1.165) is 24.8 Å². The van der Waals surface area contributed by atoms with Crippen molar-refractivity contribution >= 4 is 12.0 Å². The molecule has 5 heteroatoms. The van der Waals surface area contributed by atoms with Crippen molar-refractivity contribution in [3.8, 4) is 0 Å². The Morgan fingerprint density at radius 1 is 1.13 bits per heavy atom. The molecule has 0 aromatic heterocycles. The van der Waals surface area contributed by atoms with E-state index >= 15 is 0 Å². The third kappa shape index (κ3) is 9.26. The van der Waals surface area contributed by atoms with Gasteiger partial charge in [0.2, 0.25) is 0 Å². The second kappa shape index (κ2) is 12.0. The van der Waals surface area contributed by atoms with E-state index in [0.29, 0.717) is 0 Å². The summed E-state index contributed by atoms with van der Waals surface area (Å²) in [5.41, 5.74) is 6.04. The molecule has 0 aromatic rings. The maximum Gasteiger partial charge on any atom is 0.331 e. The number of rotatable bonds is 13. The number of unbranched alkanes of at least 4 members (excludes halogenated alkanes) is 9. The van der Waals surface area contributed by atoms with Crippen LogP contribution in [0.15, 0.2) is 11.6 Å². The molecule has 0 fully saturated rings. The number of amides is 2. The Labute approximate surface area is 140 Å². The molecule has 0 saturated carbocycles. The third-order valence-electron chi connectivity index (χ3n) is 4.29. The van der Waals surface area contributed by atoms with Gasteiger partial charge in [0.15, 0.2) is 0 Å². The van der Waals surface area contributed by atoms with Crippen molar-refractivity contribution in [3.63, 3.8) is 0 Å². The van der Waals surface area contributed by atoms with Gasteiger partial charge in [-0.2, -0.15) is 0 Å². The number of nitrogens with one attached hydrogen (secondary N) is 1. The first-order valence-corrected chi connectivity index (χ1v) is 9.06. The number of hydrogen-bond donors (Lipinski definition) is 2. The van der Waals surface area contributed by atoms with Gasteiger partial charge in [0.1, 0.15) is 6.61 Å². The van der Waals surface area contributed by atoms with Crippen LogP contribution in [0.25, 0.3) is 0 Å². The first-order chi connectivity index (χ1) is 11.1. The Morgan fingerprint density at radius 2 is 1.70 bits per heavy atom. The second-order valence-corrected chi connectivity index (χ2v) is 6.36. The fraction of sp³-hybridized carbons (Fsp3) is 0.778. The van der Waals surface area contributed by atoms with Crippen LogP contribution in [-0.4, -0.2) is 24.6 Å². The van der Waals surface area contributed by atoms with Crippen molar-refractivity contribution in [1.82, 2.24) is 5.32 Å². The SMILES string of the molecule is CCCCCCCCCCCCC(NC(N)=O)C1=CC(=O)OC1. The highest BCUT2D eigenvalue weighted by Crippen LogP contribution is 2.17. The lowest BCUT2D eigenvalue weighted by molar-refractivity contribution is -0.134. The van der Waals surface area contributed by atoms with Crippen LogP contribution in [0, 0.1) is 0 Å². The summed E-state index contributed by atoms with van der Waals surface area (Å²) >= 11 is 0. The van der Waals surface area contributed by atoms with E-state index in [2.05, 4.69) is 12.2 Å². The number of carbonyl (C=O) groups excluding carboxylic acids is 2. The monoisotopic (exact) mass is 324 g/mol. The van der Waals surface area contributed by atoms with Gasteiger partial charge in [-0.05, 0) is 12.0 Å². The zero-order chi connectivity index (χ0) is 16.9. The molecule has 0 spiro atoms. The average molecular weight is 324 g/mol. The van der Waals surface area contributed by atoms with Crippen LogP contribution in [-0.2, 0) is 9.53 Å². The highest BCUT2D eigenvalue weighted by Gasteiger charge is 2.22. The molecule has 1 heterocycles. The van der Waals surface area contributed by atoms with E-state index in [1.165, 1.54) is 57.4 Å². The molecule has 0 aromatic carbocycles. The maximum atomic E-state index is 11.1. The Bertz CT molecular complexity index is 394. The number of primary amides is 1. The average Bonchev–Trinajstić information content (AvgIpc) is 2.94. The van der Waals surface area contributed by atoms with Crippen molar-refractivity contribution in [1.29, 1.82) is 0 Å². The van der Waals surface area contributed by atoms with Gasteiger partial charge >= 0.3 is 12.0 Å². The van der Waals surface area contributed by atoms with E-state index in [1.54, 1.807) is 0 Å². The van der Waals surface area contributed by atoms with Crippen LogP contribution in [0.2, 0.25) is 0 Å². The number of cyclic esters (lactones) is 1. The van der Waals surface area contributed by atoms with Gasteiger partial charge < -0.3 is 15.8 Å². The zero-order valence-electron chi connectivity index (χ0n) is 14.4. The summed E-state index contributed by atoms with van der Waals surface area (Å²) in [5.74, 6) is -0.334. The van der Waals surface area contributed by atoms with E-state index in [4.69, 9.17) is 10.5 Å². The minimum atomic E-state index is -0.553. The quantitative estimate of drug-likeness (QED) is 0.399. The van der Waals surface area contributed by atoms with E-state index in [1.807, 2.05) is 0 Å². The zero-order valence-corrected chi connectivity index (χ0v) is 14.4. The molecule has 0 radical (unpaired) electrons. The number of hydrogen-bond acceptors (Lipinski definition) is 3. The number of esters is 1. The van der Waals surface area contributed by atoms with Gasteiger partial charge in [-0.15, -0.1) is 0 Å². The first kappa shape index (κ1) is 19.5. The lowest BCUT2D eigenvalue weighted by Crippen LogP contribution is -2.40. The van der Waals surface area contributed by atoms with Crippen molar-refractivity contribution in [2.24, 2.45) is 5.73 Å². The molecule has 0 aliphatic carbocycles. The second-order valence-electron chi connectivity index (χ2n) is 6.36. The summed E-state index contributed by atoms with van der Waals surface area (Å²) in [7, 11) is 0. The minimum absolute atomic E-state index is 0.173. The normalized spacial score (nSPS) is 15.2. The molecule has 2 amide bonds. The summed E-state index contributed by atoms with van der Waals surface area (Å²) in [6.45, 7) is 2.51. The molecule has 1 aliphatic heterocycles. The first-order valence-electron chi connectivity index (χ1n) is 9.06. The summed E-state index contributed by atoms with van der Waals surface area (Å²) in [6.07, 6.45) is 15.0. The summed E-state index contributed by atoms with van der Waals surface area (Å²) in [6, 6.07) is -0.727. The van der Waals surface area contributed by atoms with Crippen molar-refractivity contribution in [3.05, 3.63) is 11.6 Å². The van der Waals surface area contributed by atoms with Crippen LogP contribution < -0.4 is 11.1 Å². The fourth-order valence-corrected chi connectivity index (χ4v) is 2.95. The van der Waals surface area contributed by atoms with Crippen LogP contribution >= 0.6 is 0 Å². The Morgan fingerprint density at radius 3 is 2.17 bits per heavy atom. The van der Waals surface area contributed by atoms with E-state index < -0.39 is 6.03 Å². The number of urea groups is 1. The third-order valence-corrected chi connectivity index (χ3v) is 4.29. The largest absolute Gasteiger partial charge is 0.458 e. The van der Waals surface area contributed by atoms with E-state index in [-0.39, 0.29) is 18.6 Å². The molecule has 1 atom stereocenters. The summed E-state index contributed by atoms with van der Waals surface area (Å²) in [5, 5.41) is 2.71. The Balaban J connectivity index is 2.10. The molecule has 132 valence electrons. The lowest BCUT2D eigenvalue weighted by atomic mass is 10.00. The van der Waals surface area contributed by atoms with Gasteiger partial charge in [-0.1, -0.05) is 71.1 Å². The fourth-order valence-electron chi connectivity index (χ4n) is 2.95. The van der Waals surface area contributed by atoms with Crippen molar-refractivity contribution in [2.45, 2.75) is 83.6 Å². The highest BCUT2D eigenvalue weighted by molar-refractivity contribution is 5.85. The topological polar surface area (TPSA) is 81.4 Å². The van der Waals surface area contributed by atoms with Crippen molar-refractivity contribution < 1.29 is 14.3 Å². The van der Waals surface area contributed by atoms with Gasteiger partial charge in [0, 0.05) is 6.08 Å². The number of nitrogens with two attached hydrogens (primary N) is 1. The van der Waals surface area contributed by atoms with Crippen LogP contribution in [0.1, 0.15) is 77.6 Å². The van der Waals surface area contributed by atoms with Gasteiger partial charge in [0.05, 0.1) is 6.04 Å². The van der Waals surface area contributed by atoms with Crippen molar-refractivity contribution in [2.75, 3.05) is 6.61 Å². The molecule has 1 unspecified atom stereocenters. The minimum Gasteiger partial charge on any atom is -0.458 e.